The van der Waals surface area contributed by atoms with E-state index in [4.69, 9.17) is 32.2 Å². The van der Waals surface area contributed by atoms with Gasteiger partial charge in [0.25, 0.3) is 0 Å². The summed E-state index contributed by atoms with van der Waals surface area (Å²) in [6, 6.07) is 0. The van der Waals surface area contributed by atoms with E-state index in [1.807, 2.05) is 13.0 Å². The Balaban J connectivity index is 1.72. The molecule has 10 atom stereocenters. The highest BCUT2D eigenvalue weighted by atomic mass is 28.4. The first-order valence-corrected chi connectivity index (χ1v) is 39.4. The predicted octanol–water partition coefficient (Wildman–Crippen LogP) is 19.0. The molecule has 0 aromatic heterocycles. The van der Waals surface area contributed by atoms with Gasteiger partial charge in [0, 0.05) is 50.2 Å². The Kier molecular flexibility index (Phi) is 26.8. The molecule has 2 aliphatic heterocycles. The van der Waals surface area contributed by atoms with Crippen molar-refractivity contribution < 1.29 is 41.8 Å². The van der Waals surface area contributed by atoms with E-state index in [0.717, 1.165) is 68.1 Å². The highest BCUT2D eigenvalue weighted by molar-refractivity contribution is 6.75. The van der Waals surface area contributed by atoms with E-state index in [9.17, 15) is 9.59 Å². The van der Waals surface area contributed by atoms with Gasteiger partial charge in [0.15, 0.2) is 30.7 Å². The van der Waals surface area contributed by atoms with Gasteiger partial charge in [-0.25, -0.2) is 4.79 Å². The number of esters is 2. The first-order valence-electron chi connectivity index (χ1n) is 30.7. The Morgan fingerprint density at radius 1 is 0.747 bits per heavy atom. The van der Waals surface area contributed by atoms with E-state index in [1.54, 1.807) is 0 Å². The van der Waals surface area contributed by atoms with E-state index in [2.05, 4.69) is 206 Å². The lowest BCUT2D eigenvalue weighted by Crippen LogP contribution is -2.52. The average molecular weight is 1150 g/mol. The fourth-order valence-electron chi connectivity index (χ4n) is 10.5. The number of ether oxygens (including phenoxy) is 4. The second kappa shape index (κ2) is 29.9. The third-order valence-electron chi connectivity index (χ3n) is 18.3. The summed E-state index contributed by atoms with van der Waals surface area (Å²) in [4.78, 5) is 26.8. The molecule has 12 heteroatoms. The van der Waals surface area contributed by atoms with Crippen LogP contribution in [0.1, 0.15) is 209 Å². The quantitative estimate of drug-likeness (QED) is 0.0366. The zero-order valence-electron chi connectivity index (χ0n) is 55.1. The second-order valence-electron chi connectivity index (χ2n) is 29.4. The highest BCUT2D eigenvalue weighted by Gasteiger charge is 2.47. The van der Waals surface area contributed by atoms with E-state index in [0.29, 0.717) is 19.3 Å². The lowest BCUT2D eigenvalue weighted by Gasteiger charge is -2.46. The Labute approximate surface area is 488 Å². The van der Waals surface area contributed by atoms with Crippen molar-refractivity contribution in [1.29, 1.82) is 0 Å². The van der Waals surface area contributed by atoms with Crippen LogP contribution in [0.2, 0.25) is 54.4 Å². The second-order valence-corrected chi connectivity index (χ2v) is 43.7. The largest absolute Gasteiger partial charge is 0.462 e. The molecule has 452 valence electrons. The summed E-state index contributed by atoms with van der Waals surface area (Å²) in [5.74, 6) is -0.464. The van der Waals surface area contributed by atoms with Crippen LogP contribution < -0.4 is 0 Å². The van der Waals surface area contributed by atoms with Gasteiger partial charge in [-0.15, -0.1) is 0 Å². The van der Waals surface area contributed by atoms with E-state index in [1.165, 1.54) is 17.2 Å². The lowest BCUT2D eigenvalue weighted by molar-refractivity contribution is -0.316. The standard InChI is InChI=1S/C67H118O9Si3/c1-47(30-28-31-48(2)44-60(75-78(22,23)65(14,15)16)61(76-79(24,25)66(17,18)19)46-56(10)74-77(20,21)64(11,12)13)40-49(3)35-37-63(69)70-57-32-29-33-62(68)71-58(36-34-50(4)41-52(57)6)53(7)42-51(5)43-54(8)59-45-55(9)72-67(73-59)38-26-27-39-67/h28,30-31,34-35,37,40,43-44,52-61H,26-27,29,32-33,36,38-39,41-42,45-46H2,1-25H3/b31-28+,37-35+,47-30+,48-44+,49-40+,50-34+,51-43+/t52-,53-,54+,55+,56-,57?,58+,59+,60-,61-/m0/s1. The van der Waals surface area contributed by atoms with Crippen LogP contribution >= 0.6 is 0 Å². The Morgan fingerprint density at radius 2 is 1.33 bits per heavy atom. The molecule has 1 saturated heterocycles. The van der Waals surface area contributed by atoms with Crippen molar-refractivity contribution in [2.75, 3.05) is 0 Å². The molecule has 1 aliphatic carbocycles. The van der Waals surface area contributed by atoms with Crippen LogP contribution in [0.5, 0.6) is 0 Å². The van der Waals surface area contributed by atoms with Gasteiger partial charge in [-0.3, -0.25) is 4.79 Å². The van der Waals surface area contributed by atoms with Crippen LogP contribution in [0.15, 0.2) is 82.5 Å². The minimum atomic E-state index is -2.23. The van der Waals surface area contributed by atoms with Gasteiger partial charge in [-0.05, 0) is 160 Å². The minimum absolute atomic E-state index is 0.00810. The summed E-state index contributed by atoms with van der Waals surface area (Å²) in [6.07, 6.45) is 27.7. The number of allylic oxidation sites excluding steroid dienone is 10. The number of cyclic esters (lactones) is 1. The molecule has 0 aromatic carbocycles. The fraction of sp³-hybridized carbons (Fsp3) is 0.761. The Hall–Kier alpha value is -2.43. The Bertz CT molecular complexity index is 2180. The molecule has 1 spiro atoms. The van der Waals surface area contributed by atoms with Crippen LogP contribution in [0.4, 0.5) is 0 Å². The molecule has 1 unspecified atom stereocenters. The summed E-state index contributed by atoms with van der Waals surface area (Å²) in [7, 11) is -6.47. The molecule has 0 aromatic rings. The van der Waals surface area contributed by atoms with Crippen molar-refractivity contribution in [2.24, 2.45) is 17.8 Å². The topological polar surface area (TPSA) is 98.8 Å². The first-order chi connectivity index (χ1) is 36.1. The van der Waals surface area contributed by atoms with Crippen molar-refractivity contribution in [2.45, 2.75) is 312 Å². The maximum absolute atomic E-state index is 13.4. The van der Waals surface area contributed by atoms with Crippen molar-refractivity contribution in [3.05, 3.63) is 82.5 Å². The molecule has 9 nitrogen and oxygen atoms in total. The van der Waals surface area contributed by atoms with E-state index >= 15 is 0 Å². The molecule has 3 rings (SSSR count). The molecule has 2 heterocycles. The van der Waals surface area contributed by atoms with Gasteiger partial charge in [0.05, 0.1) is 24.4 Å². The number of hydrogen-bond acceptors (Lipinski definition) is 9. The van der Waals surface area contributed by atoms with Crippen molar-refractivity contribution >= 4 is 36.9 Å². The van der Waals surface area contributed by atoms with Gasteiger partial charge in [0.2, 0.25) is 0 Å². The van der Waals surface area contributed by atoms with Gasteiger partial charge in [-0.1, -0.05) is 160 Å². The maximum Gasteiger partial charge on any atom is 0.331 e. The first kappa shape index (κ1) is 70.8. The molecule has 0 radical (unpaired) electrons. The molecule has 0 N–H and O–H groups in total. The van der Waals surface area contributed by atoms with Gasteiger partial charge in [0.1, 0.15) is 12.2 Å². The van der Waals surface area contributed by atoms with Crippen LogP contribution in [-0.4, -0.2) is 85.4 Å². The monoisotopic (exact) mass is 1150 g/mol. The summed E-state index contributed by atoms with van der Waals surface area (Å²) in [6.45, 7) is 56.3. The Morgan fingerprint density at radius 3 is 1.92 bits per heavy atom. The maximum atomic E-state index is 13.4. The smallest absolute Gasteiger partial charge is 0.331 e. The van der Waals surface area contributed by atoms with Crippen LogP contribution in [0.25, 0.3) is 0 Å². The van der Waals surface area contributed by atoms with Gasteiger partial charge in [-0.2, -0.15) is 0 Å². The van der Waals surface area contributed by atoms with Crippen LogP contribution in [0, 0.1) is 17.8 Å². The molecule has 79 heavy (non-hydrogen) atoms. The number of carbonyl (C=O) groups excluding carboxylic acids is 2. The summed E-state index contributed by atoms with van der Waals surface area (Å²) >= 11 is 0. The lowest BCUT2D eigenvalue weighted by atomic mass is 9.88. The van der Waals surface area contributed by atoms with Crippen LogP contribution in [-0.2, 0) is 41.8 Å². The molecule has 2 fully saturated rings. The molecule has 3 aliphatic rings. The number of carbonyl (C=O) groups is 2. The predicted molar refractivity (Wildman–Crippen MR) is 340 cm³/mol. The normalized spacial score (nSPS) is 26.3. The van der Waals surface area contributed by atoms with Crippen LogP contribution in [0.3, 0.4) is 0 Å². The summed E-state index contributed by atoms with van der Waals surface area (Å²) in [5, 5.41) is 0.149. The van der Waals surface area contributed by atoms with Crippen molar-refractivity contribution in [3.8, 4) is 0 Å². The SMILES string of the molecule is CC(=C\C=C\C(C)=C\[C@H](O[Si](C)(C)C(C)(C)C)[C@H](C[C@H](C)O[Si](C)(C)C(C)(C)C)O[Si](C)(C)C(C)(C)C)/C=C(C)/C=C/C(=O)OC1CCCC(=O)O[C@@H]([C@@H](C)C/C(C)=C/[C@@H](C)[C@H]2C[C@@H](C)OC3(CCCC3)O2)C/C=C(\C)C[C@@H]1C. The zero-order valence-corrected chi connectivity index (χ0v) is 58.1. The third kappa shape index (κ3) is 23.3. The minimum Gasteiger partial charge on any atom is -0.462 e. The van der Waals surface area contributed by atoms with Gasteiger partial charge < -0.3 is 32.2 Å². The van der Waals surface area contributed by atoms with Gasteiger partial charge >= 0.3 is 11.9 Å². The summed E-state index contributed by atoms with van der Waals surface area (Å²) in [5.41, 5.74) is 5.60. The molecular weight excluding hydrogens is 1030 g/mol. The zero-order chi connectivity index (χ0) is 60.1. The molecular formula is C67H118O9Si3. The van der Waals surface area contributed by atoms with Crippen molar-refractivity contribution in [3.63, 3.8) is 0 Å². The highest BCUT2D eigenvalue weighted by Crippen LogP contribution is 2.45. The fourth-order valence-corrected chi connectivity index (χ4v) is 14.6. The third-order valence-corrected chi connectivity index (χ3v) is 31.9. The molecule has 1 saturated carbocycles. The molecule has 0 bridgehead atoms. The average Bonchev–Trinajstić information content (AvgIpc) is 3.72. The number of hydrogen-bond donors (Lipinski definition) is 0. The van der Waals surface area contributed by atoms with Crippen molar-refractivity contribution in [1.82, 2.24) is 0 Å². The van der Waals surface area contributed by atoms with E-state index in [-0.39, 0.29) is 94.0 Å². The van der Waals surface area contributed by atoms with E-state index < -0.39 is 30.7 Å². The number of rotatable bonds is 21. The molecule has 0 amide bonds. The summed E-state index contributed by atoms with van der Waals surface area (Å²) < 4.78 is 47.0.